The number of hydrogen-bond donors (Lipinski definition) is 2. The molecule has 0 fully saturated rings. The van der Waals surface area contributed by atoms with Crippen LogP contribution in [0.3, 0.4) is 0 Å². The number of hydrogen-bond acceptors (Lipinski definition) is 5. The molecule has 1 atom stereocenters. The molecule has 1 aliphatic heterocycles. The van der Waals surface area contributed by atoms with Crippen molar-refractivity contribution >= 4 is 23.2 Å². The van der Waals surface area contributed by atoms with E-state index in [0.29, 0.717) is 35.5 Å². The molecule has 7 heteroatoms. The van der Waals surface area contributed by atoms with E-state index in [9.17, 15) is 9.59 Å². The highest BCUT2D eigenvalue weighted by Crippen LogP contribution is 2.47. The van der Waals surface area contributed by atoms with E-state index in [1.165, 1.54) is 0 Å². The number of carbonyl (C=O) groups excluding carboxylic acids is 2. The first-order valence-corrected chi connectivity index (χ1v) is 11.8. The molecule has 0 saturated heterocycles. The third-order valence-electron chi connectivity index (χ3n) is 6.95. The number of carbonyl (C=O) groups is 2. The molecule has 2 N–H and O–H groups in total. The van der Waals surface area contributed by atoms with Crippen LogP contribution in [0.15, 0.2) is 59.9 Å². The van der Waals surface area contributed by atoms with Gasteiger partial charge in [0.25, 0.3) is 5.91 Å². The highest BCUT2D eigenvalue weighted by molar-refractivity contribution is 6.08. The molecule has 2 aliphatic rings. The Balaban J connectivity index is 1.61. The quantitative estimate of drug-likeness (QED) is 0.532. The first kappa shape index (κ1) is 22.9. The molecule has 0 unspecified atom stereocenters. The van der Waals surface area contributed by atoms with Crippen molar-refractivity contribution in [3.8, 4) is 5.75 Å². The predicted molar refractivity (Wildman–Crippen MR) is 136 cm³/mol. The van der Waals surface area contributed by atoms with Crippen LogP contribution in [-0.4, -0.2) is 28.6 Å². The number of nitrogens with zero attached hydrogens (tertiary/aromatic N) is 2. The first-order chi connectivity index (χ1) is 16.7. The number of rotatable bonds is 4. The highest BCUT2D eigenvalue weighted by Gasteiger charge is 2.43. The first-order valence-electron chi connectivity index (χ1n) is 11.8. The largest absolute Gasteiger partial charge is 0.496 e. The molecule has 1 aliphatic carbocycles. The average Bonchev–Trinajstić information content (AvgIpc) is 3.23. The van der Waals surface area contributed by atoms with Gasteiger partial charge >= 0.3 is 0 Å². The number of Topliss-reactive ketones (excluding diaryl/α,β-unsaturated/α-hetero) is 1. The molecule has 2 heterocycles. The third kappa shape index (κ3) is 4.01. The van der Waals surface area contributed by atoms with Crippen molar-refractivity contribution in [2.75, 3.05) is 17.7 Å². The van der Waals surface area contributed by atoms with E-state index in [4.69, 9.17) is 4.74 Å². The standard InChI is InChI=1S/C28H30N4O3/c1-16-10-11-18(12-17(16)2)30-27(34)20-15-29-32-25(19-8-6-7-9-23(19)35-5)24-21(31-26(20)32)13-28(3,4)14-22(24)33/h6-12,15,25,31H,13-14H2,1-5H3,(H,30,34)/t25-/m1/s1. The summed E-state index contributed by atoms with van der Waals surface area (Å²) in [7, 11) is 1.62. The summed E-state index contributed by atoms with van der Waals surface area (Å²) in [6, 6.07) is 13.0. The van der Waals surface area contributed by atoms with Crippen molar-refractivity contribution in [1.82, 2.24) is 9.78 Å². The van der Waals surface area contributed by atoms with Gasteiger partial charge in [0.05, 0.1) is 13.3 Å². The summed E-state index contributed by atoms with van der Waals surface area (Å²) in [5, 5.41) is 11.0. The number of ether oxygens (including phenoxy) is 1. The topological polar surface area (TPSA) is 85.2 Å². The normalized spacial score (nSPS) is 18.4. The van der Waals surface area contributed by atoms with Gasteiger partial charge in [-0.2, -0.15) is 5.10 Å². The van der Waals surface area contributed by atoms with E-state index in [-0.39, 0.29) is 17.1 Å². The second kappa shape index (κ2) is 8.41. The Hall–Kier alpha value is -3.87. The lowest BCUT2D eigenvalue weighted by molar-refractivity contribution is -0.118. The van der Waals surface area contributed by atoms with E-state index >= 15 is 0 Å². The molecule has 5 rings (SSSR count). The summed E-state index contributed by atoms with van der Waals surface area (Å²) in [6.45, 7) is 8.23. The van der Waals surface area contributed by atoms with Gasteiger partial charge in [-0.1, -0.05) is 38.1 Å². The molecule has 1 amide bonds. The zero-order valence-electron chi connectivity index (χ0n) is 20.7. The van der Waals surface area contributed by atoms with Crippen LogP contribution in [0.5, 0.6) is 5.75 Å². The lowest BCUT2D eigenvalue weighted by Gasteiger charge is -2.39. The Kier molecular flexibility index (Phi) is 5.50. The van der Waals surface area contributed by atoms with Crippen LogP contribution in [-0.2, 0) is 4.79 Å². The van der Waals surface area contributed by atoms with Gasteiger partial charge < -0.3 is 15.4 Å². The Morgan fingerprint density at radius 2 is 1.91 bits per heavy atom. The zero-order valence-corrected chi connectivity index (χ0v) is 20.7. The van der Waals surface area contributed by atoms with Gasteiger partial charge in [-0.3, -0.25) is 9.59 Å². The number of nitrogens with one attached hydrogen (secondary N) is 2. The minimum absolute atomic E-state index is 0.0851. The smallest absolute Gasteiger partial charge is 0.261 e. The average molecular weight is 471 g/mol. The number of ketones is 1. The second-order valence-corrected chi connectivity index (χ2v) is 10.2. The van der Waals surface area contributed by atoms with Gasteiger partial charge in [-0.05, 0) is 55.0 Å². The maximum absolute atomic E-state index is 13.4. The summed E-state index contributed by atoms with van der Waals surface area (Å²) >= 11 is 0. The number of allylic oxidation sites excluding steroid dienone is 2. The van der Waals surface area contributed by atoms with Crippen LogP contribution in [0.1, 0.15) is 59.8 Å². The summed E-state index contributed by atoms with van der Waals surface area (Å²) in [4.78, 5) is 26.8. The SMILES string of the molecule is COc1ccccc1[C@@H]1C2=C(CC(C)(C)CC2=O)Nc2c(C(=O)Nc3ccc(C)c(C)c3)cnn21. The molecular formula is C28H30N4O3. The summed E-state index contributed by atoms with van der Waals surface area (Å²) < 4.78 is 7.39. The van der Waals surface area contributed by atoms with Crippen molar-refractivity contribution in [2.45, 2.75) is 46.6 Å². The van der Waals surface area contributed by atoms with E-state index in [2.05, 4.69) is 29.6 Å². The molecule has 0 spiro atoms. The summed E-state index contributed by atoms with van der Waals surface area (Å²) in [5.41, 5.74) is 5.60. The van der Waals surface area contributed by atoms with Crippen molar-refractivity contribution < 1.29 is 14.3 Å². The van der Waals surface area contributed by atoms with Crippen LogP contribution in [0, 0.1) is 19.3 Å². The number of para-hydroxylation sites is 1. The number of aromatic nitrogens is 2. The number of benzene rings is 2. The lowest BCUT2D eigenvalue weighted by atomic mass is 9.73. The molecule has 35 heavy (non-hydrogen) atoms. The number of aryl methyl sites for hydroxylation is 2. The van der Waals surface area contributed by atoms with Crippen LogP contribution < -0.4 is 15.4 Å². The van der Waals surface area contributed by atoms with Gasteiger partial charge in [-0.25, -0.2) is 4.68 Å². The van der Waals surface area contributed by atoms with Crippen molar-refractivity contribution in [3.63, 3.8) is 0 Å². The van der Waals surface area contributed by atoms with E-state index in [1.54, 1.807) is 18.0 Å². The molecule has 2 aromatic carbocycles. The van der Waals surface area contributed by atoms with Crippen molar-refractivity contribution in [2.24, 2.45) is 5.41 Å². The van der Waals surface area contributed by atoms with Crippen molar-refractivity contribution in [1.29, 1.82) is 0 Å². The Morgan fingerprint density at radius 1 is 1.14 bits per heavy atom. The molecule has 1 aromatic heterocycles. The monoisotopic (exact) mass is 470 g/mol. The minimum atomic E-state index is -0.482. The molecule has 180 valence electrons. The number of amides is 1. The fraction of sp³-hybridized carbons (Fsp3) is 0.321. The predicted octanol–water partition coefficient (Wildman–Crippen LogP) is 5.42. The molecular weight excluding hydrogens is 440 g/mol. The van der Waals surface area contributed by atoms with Gasteiger partial charge in [0.2, 0.25) is 0 Å². The Bertz CT molecular complexity index is 1380. The van der Waals surface area contributed by atoms with E-state index in [0.717, 1.165) is 28.1 Å². The number of anilines is 2. The van der Waals surface area contributed by atoms with Gasteiger partial charge in [0, 0.05) is 28.9 Å². The van der Waals surface area contributed by atoms with E-state index in [1.807, 2.05) is 56.3 Å². The molecule has 7 nitrogen and oxygen atoms in total. The molecule has 0 bridgehead atoms. The molecule has 0 radical (unpaired) electrons. The van der Waals surface area contributed by atoms with Crippen molar-refractivity contribution in [3.05, 3.63) is 82.2 Å². The maximum Gasteiger partial charge on any atom is 0.261 e. The minimum Gasteiger partial charge on any atom is -0.496 e. The summed E-state index contributed by atoms with van der Waals surface area (Å²) in [6.07, 6.45) is 2.72. The fourth-order valence-electron chi connectivity index (χ4n) is 5.07. The van der Waals surface area contributed by atoms with Crippen LogP contribution in [0.4, 0.5) is 11.5 Å². The highest BCUT2D eigenvalue weighted by atomic mass is 16.5. The molecule has 0 saturated carbocycles. The second-order valence-electron chi connectivity index (χ2n) is 10.2. The Labute approximate surface area is 205 Å². The lowest BCUT2D eigenvalue weighted by Crippen LogP contribution is -2.37. The summed E-state index contributed by atoms with van der Waals surface area (Å²) in [5.74, 6) is 1.08. The van der Waals surface area contributed by atoms with E-state index < -0.39 is 6.04 Å². The number of fused-ring (bicyclic) bond motifs is 1. The maximum atomic E-state index is 13.4. The van der Waals surface area contributed by atoms with Gasteiger partial charge in [0.15, 0.2) is 5.78 Å². The zero-order chi connectivity index (χ0) is 24.9. The number of methoxy groups -OCH3 is 1. The van der Waals surface area contributed by atoms with Gasteiger partial charge in [0.1, 0.15) is 23.2 Å². The molecule has 3 aromatic rings. The van der Waals surface area contributed by atoms with Crippen LogP contribution in [0.25, 0.3) is 0 Å². The fourth-order valence-corrected chi connectivity index (χ4v) is 5.07. The van der Waals surface area contributed by atoms with Crippen LogP contribution >= 0.6 is 0 Å². The third-order valence-corrected chi connectivity index (χ3v) is 6.95. The Morgan fingerprint density at radius 3 is 2.66 bits per heavy atom. The van der Waals surface area contributed by atoms with Gasteiger partial charge in [-0.15, -0.1) is 0 Å². The van der Waals surface area contributed by atoms with Crippen LogP contribution in [0.2, 0.25) is 0 Å².